The van der Waals surface area contributed by atoms with Gasteiger partial charge in [0.05, 0.1) is 30.1 Å². The third-order valence-electron chi connectivity index (χ3n) is 5.81. The van der Waals surface area contributed by atoms with Crippen LogP contribution in [0.3, 0.4) is 0 Å². The number of ether oxygens (including phenoxy) is 1. The molecular weight excluding hydrogens is 370 g/mol. The Kier molecular flexibility index (Phi) is 4.45. The number of nitrogens with zero attached hydrogens (tertiary/aromatic N) is 3. The summed E-state index contributed by atoms with van der Waals surface area (Å²) in [4.78, 5) is 40.4. The number of carbonyl (C=O) groups is 3. The molecule has 4 rings (SSSR count). The number of carbonyl (C=O) groups excluding carboxylic acids is 3. The summed E-state index contributed by atoms with van der Waals surface area (Å²) in [5, 5.41) is 5.74. The molecule has 29 heavy (non-hydrogen) atoms. The molecule has 2 aliphatic heterocycles. The lowest BCUT2D eigenvalue weighted by atomic mass is 9.72. The Morgan fingerprint density at radius 3 is 2.28 bits per heavy atom. The fraction of sp³-hybridized carbons (Fsp3) is 0.273. The minimum Gasteiger partial charge on any atom is -0.497 e. The second-order valence-corrected chi connectivity index (χ2v) is 7.36. The van der Waals surface area contributed by atoms with Crippen LogP contribution in [0.5, 0.6) is 5.75 Å². The van der Waals surface area contributed by atoms with E-state index in [1.807, 2.05) is 18.2 Å². The number of anilines is 2. The van der Waals surface area contributed by atoms with E-state index >= 15 is 0 Å². The van der Waals surface area contributed by atoms with Gasteiger partial charge in [0.25, 0.3) is 5.91 Å². The molecule has 2 heterocycles. The van der Waals surface area contributed by atoms with Crippen LogP contribution < -0.4 is 14.6 Å². The third-order valence-corrected chi connectivity index (χ3v) is 5.81. The average Bonchev–Trinajstić information content (AvgIpc) is 3.17. The lowest BCUT2D eigenvalue weighted by molar-refractivity contribution is -0.131. The van der Waals surface area contributed by atoms with Crippen molar-refractivity contribution in [3.8, 4) is 5.75 Å². The van der Waals surface area contributed by atoms with Gasteiger partial charge in [0, 0.05) is 6.42 Å². The molecule has 0 saturated carbocycles. The SMILES string of the molecule is COc1ccc(N2C(=O)CC(C3(C)C(=O)N(c4ccccc4)N=C3C)C2=O)cc1. The fourth-order valence-electron chi connectivity index (χ4n) is 3.90. The minimum absolute atomic E-state index is 0.0391. The van der Waals surface area contributed by atoms with Crippen LogP contribution in [0.2, 0.25) is 0 Å². The zero-order valence-corrected chi connectivity index (χ0v) is 16.5. The predicted octanol–water partition coefficient (Wildman–Crippen LogP) is 3.00. The number of methoxy groups -OCH3 is 1. The summed E-state index contributed by atoms with van der Waals surface area (Å²) in [7, 11) is 1.55. The summed E-state index contributed by atoms with van der Waals surface area (Å²) in [6.45, 7) is 3.43. The van der Waals surface area contributed by atoms with Crippen molar-refractivity contribution >= 4 is 34.8 Å². The summed E-state index contributed by atoms with van der Waals surface area (Å²) in [6, 6.07) is 15.8. The predicted molar refractivity (Wildman–Crippen MR) is 109 cm³/mol. The molecule has 7 heteroatoms. The van der Waals surface area contributed by atoms with E-state index in [-0.39, 0.29) is 24.1 Å². The first-order valence-corrected chi connectivity index (χ1v) is 9.34. The molecule has 2 aromatic carbocycles. The maximum absolute atomic E-state index is 13.3. The molecule has 1 fully saturated rings. The average molecular weight is 391 g/mol. The molecule has 0 spiro atoms. The third kappa shape index (κ3) is 2.81. The van der Waals surface area contributed by atoms with Crippen LogP contribution in [0.15, 0.2) is 59.7 Å². The van der Waals surface area contributed by atoms with Crippen LogP contribution in [0.1, 0.15) is 20.3 Å². The summed E-state index contributed by atoms with van der Waals surface area (Å²) >= 11 is 0. The van der Waals surface area contributed by atoms with Gasteiger partial charge in [-0.1, -0.05) is 18.2 Å². The molecule has 148 valence electrons. The van der Waals surface area contributed by atoms with Crippen LogP contribution in [-0.4, -0.2) is 30.5 Å². The molecule has 2 atom stereocenters. The zero-order chi connectivity index (χ0) is 20.8. The number of benzene rings is 2. The first-order chi connectivity index (χ1) is 13.9. The largest absolute Gasteiger partial charge is 0.497 e. The van der Waals surface area contributed by atoms with Crippen LogP contribution in [0.25, 0.3) is 0 Å². The van der Waals surface area contributed by atoms with Crippen molar-refractivity contribution in [3.63, 3.8) is 0 Å². The smallest absolute Gasteiger partial charge is 0.259 e. The molecular formula is C22H21N3O4. The Labute approximate surface area is 168 Å². The van der Waals surface area contributed by atoms with E-state index < -0.39 is 11.3 Å². The van der Waals surface area contributed by atoms with Gasteiger partial charge in [-0.05, 0) is 50.2 Å². The van der Waals surface area contributed by atoms with Gasteiger partial charge in [-0.15, -0.1) is 0 Å². The summed E-state index contributed by atoms with van der Waals surface area (Å²) in [5.41, 5.74) is 0.439. The summed E-state index contributed by atoms with van der Waals surface area (Å²) < 4.78 is 5.13. The zero-order valence-electron chi connectivity index (χ0n) is 16.5. The summed E-state index contributed by atoms with van der Waals surface area (Å²) in [5.74, 6) is -1.19. The Balaban J connectivity index is 1.66. The Morgan fingerprint density at radius 1 is 1.00 bits per heavy atom. The van der Waals surface area contributed by atoms with Crippen LogP contribution in [-0.2, 0) is 14.4 Å². The van der Waals surface area contributed by atoms with E-state index in [1.54, 1.807) is 57.4 Å². The molecule has 2 aromatic rings. The number of imide groups is 1. The van der Waals surface area contributed by atoms with Gasteiger partial charge in [0.1, 0.15) is 11.2 Å². The molecule has 7 nitrogen and oxygen atoms in total. The quantitative estimate of drug-likeness (QED) is 0.751. The van der Waals surface area contributed by atoms with Crippen molar-refractivity contribution < 1.29 is 19.1 Å². The van der Waals surface area contributed by atoms with E-state index in [2.05, 4.69) is 5.10 Å². The number of hydrogen-bond donors (Lipinski definition) is 0. The van der Waals surface area contributed by atoms with Crippen LogP contribution in [0, 0.1) is 11.3 Å². The molecule has 0 aliphatic carbocycles. The van der Waals surface area contributed by atoms with Crippen molar-refractivity contribution in [1.29, 1.82) is 0 Å². The number of para-hydroxylation sites is 1. The molecule has 2 aliphatic rings. The van der Waals surface area contributed by atoms with Crippen molar-refractivity contribution in [2.45, 2.75) is 20.3 Å². The Morgan fingerprint density at radius 2 is 1.66 bits per heavy atom. The highest BCUT2D eigenvalue weighted by molar-refractivity contribution is 6.27. The van der Waals surface area contributed by atoms with Gasteiger partial charge >= 0.3 is 0 Å². The first-order valence-electron chi connectivity index (χ1n) is 9.34. The van der Waals surface area contributed by atoms with Crippen LogP contribution in [0.4, 0.5) is 11.4 Å². The monoisotopic (exact) mass is 391 g/mol. The fourth-order valence-corrected chi connectivity index (χ4v) is 3.90. The van der Waals surface area contributed by atoms with Gasteiger partial charge in [0.15, 0.2) is 0 Å². The molecule has 0 bridgehead atoms. The first kappa shape index (κ1) is 18.9. The van der Waals surface area contributed by atoms with Gasteiger partial charge in [-0.3, -0.25) is 19.3 Å². The molecule has 1 saturated heterocycles. The normalized spacial score (nSPS) is 24.3. The molecule has 0 aromatic heterocycles. The van der Waals surface area contributed by atoms with Crippen molar-refractivity contribution in [2.75, 3.05) is 17.0 Å². The maximum atomic E-state index is 13.3. The van der Waals surface area contributed by atoms with E-state index in [0.29, 0.717) is 22.8 Å². The maximum Gasteiger partial charge on any atom is 0.259 e. The Hall–Kier alpha value is -3.48. The van der Waals surface area contributed by atoms with E-state index in [9.17, 15) is 14.4 Å². The molecule has 3 amide bonds. The van der Waals surface area contributed by atoms with Gasteiger partial charge in [-0.25, -0.2) is 0 Å². The number of hydrazone groups is 1. The minimum atomic E-state index is -1.18. The summed E-state index contributed by atoms with van der Waals surface area (Å²) in [6.07, 6.45) is -0.0391. The number of amides is 3. The van der Waals surface area contributed by atoms with E-state index in [0.717, 1.165) is 4.90 Å². The van der Waals surface area contributed by atoms with Crippen molar-refractivity contribution in [2.24, 2.45) is 16.4 Å². The highest BCUT2D eigenvalue weighted by Crippen LogP contribution is 2.44. The van der Waals surface area contributed by atoms with Gasteiger partial charge in [-0.2, -0.15) is 10.1 Å². The number of hydrogen-bond acceptors (Lipinski definition) is 5. The lowest BCUT2D eigenvalue weighted by Gasteiger charge is -2.28. The second-order valence-electron chi connectivity index (χ2n) is 7.36. The molecule has 0 N–H and O–H groups in total. The van der Waals surface area contributed by atoms with Crippen molar-refractivity contribution in [1.82, 2.24) is 0 Å². The standard InChI is InChI=1S/C22H21N3O4/c1-14-22(2,21(28)25(23-14)16-7-5-4-6-8-16)18-13-19(26)24(20(18)27)15-9-11-17(29-3)12-10-15/h4-12,18H,13H2,1-3H3. The number of rotatable bonds is 4. The highest BCUT2D eigenvalue weighted by Gasteiger charge is 2.58. The molecule has 0 radical (unpaired) electrons. The van der Waals surface area contributed by atoms with E-state index in [4.69, 9.17) is 4.74 Å². The van der Waals surface area contributed by atoms with Gasteiger partial charge in [0.2, 0.25) is 11.8 Å². The van der Waals surface area contributed by atoms with Crippen LogP contribution >= 0.6 is 0 Å². The second kappa shape index (κ2) is 6.84. The van der Waals surface area contributed by atoms with E-state index in [1.165, 1.54) is 5.01 Å². The van der Waals surface area contributed by atoms with Gasteiger partial charge < -0.3 is 4.74 Å². The lowest BCUT2D eigenvalue weighted by Crippen LogP contribution is -2.46. The Bertz CT molecular complexity index is 1020. The molecule has 2 unspecified atom stereocenters. The highest BCUT2D eigenvalue weighted by atomic mass is 16.5. The topological polar surface area (TPSA) is 79.3 Å². The van der Waals surface area contributed by atoms with Crippen molar-refractivity contribution in [3.05, 3.63) is 54.6 Å².